The first-order valence-corrected chi connectivity index (χ1v) is 8.52. The molecule has 1 atom stereocenters. The summed E-state index contributed by atoms with van der Waals surface area (Å²) in [5.74, 6) is 0. The first-order valence-electron chi connectivity index (χ1n) is 6.20. The minimum atomic E-state index is -3.45. The van der Waals surface area contributed by atoms with Crippen molar-refractivity contribution in [3.63, 3.8) is 0 Å². The van der Waals surface area contributed by atoms with Gasteiger partial charge < -0.3 is 10.5 Å². The van der Waals surface area contributed by atoms with Crippen molar-refractivity contribution in [1.29, 1.82) is 0 Å². The summed E-state index contributed by atoms with van der Waals surface area (Å²) in [5.41, 5.74) is 5.07. The summed E-state index contributed by atoms with van der Waals surface area (Å²) in [6.45, 7) is 6.83. The zero-order chi connectivity index (χ0) is 14.3. The van der Waals surface area contributed by atoms with E-state index in [0.717, 1.165) is 4.88 Å². The van der Waals surface area contributed by atoms with E-state index in [1.165, 1.54) is 15.6 Å². The van der Waals surface area contributed by atoms with Gasteiger partial charge >= 0.3 is 0 Å². The van der Waals surface area contributed by atoms with Crippen LogP contribution in [0.15, 0.2) is 16.3 Å². The molecule has 1 aromatic heterocycles. The maximum atomic E-state index is 12.6. The molecular formula is C12H20N2O3S2. The Balaban J connectivity index is 2.28. The van der Waals surface area contributed by atoms with Crippen LogP contribution in [-0.4, -0.2) is 37.5 Å². The van der Waals surface area contributed by atoms with E-state index in [1.54, 1.807) is 11.4 Å². The Hall–Kier alpha value is -0.470. The van der Waals surface area contributed by atoms with Gasteiger partial charge in [0.25, 0.3) is 0 Å². The Kier molecular flexibility index (Phi) is 4.04. The molecule has 0 radical (unpaired) electrons. The Morgan fingerprint density at radius 3 is 2.79 bits per heavy atom. The summed E-state index contributed by atoms with van der Waals surface area (Å²) in [6, 6.07) is 1.66. The molecule has 2 heterocycles. The summed E-state index contributed by atoms with van der Waals surface area (Å²) in [5, 5.41) is 1.66. The van der Waals surface area contributed by atoms with Gasteiger partial charge in [0, 0.05) is 29.9 Å². The summed E-state index contributed by atoms with van der Waals surface area (Å²) in [6.07, 6.45) is -0.105. The average Bonchev–Trinajstić information content (AvgIpc) is 2.75. The Labute approximate surface area is 118 Å². The van der Waals surface area contributed by atoms with E-state index in [0.29, 0.717) is 24.5 Å². The van der Waals surface area contributed by atoms with Gasteiger partial charge in [-0.2, -0.15) is 4.31 Å². The molecule has 108 valence electrons. The Morgan fingerprint density at radius 2 is 2.26 bits per heavy atom. The molecule has 5 nitrogen and oxygen atoms in total. The molecule has 0 aliphatic carbocycles. The molecule has 1 aliphatic heterocycles. The first-order chi connectivity index (χ1) is 8.74. The van der Waals surface area contributed by atoms with Crippen molar-refractivity contribution in [2.24, 2.45) is 5.73 Å². The number of morpholine rings is 1. The minimum absolute atomic E-state index is 0.105. The van der Waals surface area contributed by atoms with Crippen molar-refractivity contribution in [3.05, 3.63) is 16.3 Å². The standard InChI is InChI=1S/C12H20N2O3S2/c1-9-6-14(8-12(2,3)17-9)19(15,16)11-4-10(5-13)18-7-11/h4,7,9H,5-6,8,13H2,1-3H3. The van der Waals surface area contributed by atoms with Crippen LogP contribution in [0, 0.1) is 0 Å². The van der Waals surface area contributed by atoms with Crippen LogP contribution < -0.4 is 5.73 Å². The average molecular weight is 304 g/mol. The van der Waals surface area contributed by atoms with Crippen molar-refractivity contribution in [3.8, 4) is 0 Å². The maximum absolute atomic E-state index is 12.6. The van der Waals surface area contributed by atoms with E-state index in [1.807, 2.05) is 20.8 Å². The van der Waals surface area contributed by atoms with E-state index < -0.39 is 15.6 Å². The van der Waals surface area contributed by atoms with Crippen LogP contribution in [0.5, 0.6) is 0 Å². The molecule has 0 bridgehead atoms. The largest absolute Gasteiger partial charge is 0.370 e. The highest BCUT2D eigenvalue weighted by molar-refractivity contribution is 7.89. The highest BCUT2D eigenvalue weighted by atomic mass is 32.2. The summed E-state index contributed by atoms with van der Waals surface area (Å²) >= 11 is 1.38. The number of hydrogen-bond donors (Lipinski definition) is 1. The summed E-state index contributed by atoms with van der Waals surface area (Å²) in [7, 11) is -3.45. The van der Waals surface area contributed by atoms with E-state index in [4.69, 9.17) is 10.5 Å². The number of rotatable bonds is 3. The van der Waals surface area contributed by atoms with E-state index in [9.17, 15) is 8.42 Å². The summed E-state index contributed by atoms with van der Waals surface area (Å²) < 4.78 is 32.4. The summed E-state index contributed by atoms with van der Waals surface area (Å²) in [4.78, 5) is 1.21. The van der Waals surface area contributed by atoms with Crippen molar-refractivity contribution >= 4 is 21.4 Å². The number of nitrogens with two attached hydrogens (primary N) is 1. The normalized spacial score (nSPS) is 24.5. The van der Waals surface area contributed by atoms with Crippen LogP contribution in [0.4, 0.5) is 0 Å². The van der Waals surface area contributed by atoms with Crippen LogP contribution in [0.3, 0.4) is 0 Å². The predicted octanol–water partition coefficient (Wildman–Crippen LogP) is 1.39. The van der Waals surface area contributed by atoms with E-state index >= 15 is 0 Å². The molecule has 1 aliphatic rings. The van der Waals surface area contributed by atoms with Gasteiger partial charge in [-0.05, 0) is 26.8 Å². The number of sulfonamides is 1. The lowest BCUT2D eigenvalue weighted by Crippen LogP contribution is -2.53. The number of ether oxygens (including phenoxy) is 1. The zero-order valence-electron chi connectivity index (χ0n) is 11.4. The number of hydrogen-bond acceptors (Lipinski definition) is 5. The fourth-order valence-electron chi connectivity index (χ4n) is 2.33. The third-order valence-electron chi connectivity index (χ3n) is 3.01. The quantitative estimate of drug-likeness (QED) is 0.916. The molecule has 2 N–H and O–H groups in total. The first kappa shape index (κ1) is 14.9. The van der Waals surface area contributed by atoms with Gasteiger partial charge in [0.15, 0.2) is 0 Å². The highest BCUT2D eigenvalue weighted by Gasteiger charge is 2.38. The SMILES string of the molecule is CC1CN(S(=O)(=O)c2csc(CN)c2)CC(C)(C)O1. The number of nitrogens with zero attached hydrogens (tertiary/aromatic N) is 1. The van der Waals surface area contributed by atoms with Crippen LogP contribution in [0.25, 0.3) is 0 Å². The van der Waals surface area contributed by atoms with E-state index in [-0.39, 0.29) is 6.10 Å². The molecule has 7 heteroatoms. The predicted molar refractivity (Wildman–Crippen MR) is 75.6 cm³/mol. The van der Waals surface area contributed by atoms with Gasteiger partial charge in [0.1, 0.15) is 0 Å². The third kappa shape index (κ3) is 3.17. The molecular weight excluding hydrogens is 284 g/mol. The van der Waals surface area contributed by atoms with Gasteiger partial charge in [-0.25, -0.2) is 8.42 Å². The lowest BCUT2D eigenvalue weighted by Gasteiger charge is -2.40. The lowest BCUT2D eigenvalue weighted by atomic mass is 10.1. The second kappa shape index (κ2) is 5.14. The third-order valence-corrected chi connectivity index (χ3v) is 5.90. The second-order valence-corrected chi connectivity index (χ2v) is 8.37. The van der Waals surface area contributed by atoms with Crippen molar-refractivity contribution < 1.29 is 13.2 Å². The van der Waals surface area contributed by atoms with Crippen LogP contribution in [0.2, 0.25) is 0 Å². The lowest BCUT2D eigenvalue weighted by molar-refractivity contribution is -0.109. The molecule has 19 heavy (non-hydrogen) atoms. The fourth-order valence-corrected chi connectivity index (χ4v) is 5.14. The smallest absolute Gasteiger partial charge is 0.244 e. The maximum Gasteiger partial charge on any atom is 0.244 e. The molecule has 0 amide bonds. The van der Waals surface area contributed by atoms with Gasteiger partial charge in [-0.3, -0.25) is 0 Å². The van der Waals surface area contributed by atoms with Crippen molar-refractivity contribution in [2.75, 3.05) is 13.1 Å². The molecule has 1 aromatic rings. The zero-order valence-corrected chi connectivity index (χ0v) is 13.1. The minimum Gasteiger partial charge on any atom is -0.370 e. The van der Waals surface area contributed by atoms with Gasteiger partial charge in [-0.1, -0.05) is 0 Å². The van der Waals surface area contributed by atoms with Crippen LogP contribution >= 0.6 is 11.3 Å². The van der Waals surface area contributed by atoms with Crippen LogP contribution in [0.1, 0.15) is 25.6 Å². The second-order valence-electron chi connectivity index (χ2n) is 5.44. The Bertz CT molecular complexity index is 551. The van der Waals surface area contributed by atoms with Crippen molar-refractivity contribution in [2.45, 2.75) is 43.9 Å². The molecule has 1 saturated heterocycles. The molecule has 2 rings (SSSR count). The van der Waals surface area contributed by atoms with E-state index in [2.05, 4.69) is 0 Å². The molecule has 1 unspecified atom stereocenters. The van der Waals surface area contributed by atoms with Crippen molar-refractivity contribution in [1.82, 2.24) is 4.31 Å². The Morgan fingerprint density at radius 1 is 1.58 bits per heavy atom. The molecule has 0 aromatic carbocycles. The molecule has 0 saturated carbocycles. The molecule has 0 spiro atoms. The monoisotopic (exact) mass is 304 g/mol. The van der Waals surface area contributed by atoms with Gasteiger partial charge in [0.05, 0.1) is 16.6 Å². The van der Waals surface area contributed by atoms with Gasteiger partial charge in [-0.15, -0.1) is 11.3 Å². The van der Waals surface area contributed by atoms with Crippen LogP contribution in [-0.2, 0) is 21.3 Å². The topological polar surface area (TPSA) is 72.6 Å². The molecule has 1 fully saturated rings. The van der Waals surface area contributed by atoms with Gasteiger partial charge in [0.2, 0.25) is 10.0 Å². The fraction of sp³-hybridized carbons (Fsp3) is 0.667. The number of thiophene rings is 1. The highest BCUT2D eigenvalue weighted by Crippen LogP contribution is 2.28.